The van der Waals surface area contributed by atoms with Crippen LogP contribution in [-0.2, 0) is 12.8 Å². The third-order valence-corrected chi connectivity index (χ3v) is 3.82. The van der Waals surface area contributed by atoms with Crippen molar-refractivity contribution in [3.63, 3.8) is 0 Å². The van der Waals surface area contributed by atoms with Gasteiger partial charge in [-0.1, -0.05) is 11.6 Å². The van der Waals surface area contributed by atoms with Crippen LogP contribution < -0.4 is 11.3 Å². The Labute approximate surface area is 115 Å². The van der Waals surface area contributed by atoms with E-state index in [0.717, 1.165) is 47.8 Å². The minimum absolute atomic E-state index is 0.271. The Morgan fingerprint density at radius 3 is 2.89 bits per heavy atom. The zero-order chi connectivity index (χ0) is 13.4. The van der Waals surface area contributed by atoms with Crippen molar-refractivity contribution in [1.29, 1.82) is 0 Å². The minimum atomic E-state index is -0.271. The van der Waals surface area contributed by atoms with Crippen LogP contribution in [0.1, 0.15) is 34.5 Å². The summed E-state index contributed by atoms with van der Waals surface area (Å²) in [6.45, 7) is 0. The SMILES string of the molecule is NNC(=O)c1c2c(nc3ccc(Cl)cc13)CCCC2. The normalized spacial score (nSPS) is 14.2. The van der Waals surface area contributed by atoms with E-state index >= 15 is 0 Å². The molecule has 0 atom stereocenters. The average molecular weight is 276 g/mol. The molecule has 2 aromatic rings. The van der Waals surface area contributed by atoms with Gasteiger partial charge in [0, 0.05) is 16.1 Å². The van der Waals surface area contributed by atoms with Gasteiger partial charge in [0.05, 0.1) is 11.1 Å². The molecule has 0 fully saturated rings. The van der Waals surface area contributed by atoms with Crippen molar-refractivity contribution in [2.75, 3.05) is 0 Å². The number of amides is 1. The zero-order valence-electron chi connectivity index (χ0n) is 10.4. The Morgan fingerprint density at radius 1 is 1.32 bits per heavy atom. The molecule has 1 aromatic heterocycles. The molecular weight excluding hydrogens is 262 g/mol. The zero-order valence-corrected chi connectivity index (χ0v) is 11.1. The minimum Gasteiger partial charge on any atom is -0.290 e. The largest absolute Gasteiger partial charge is 0.290 e. The second-order valence-electron chi connectivity index (χ2n) is 4.75. The van der Waals surface area contributed by atoms with Crippen molar-refractivity contribution in [2.45, 2.75) is 25.7 Å². The van der Waals surface area contributed by atoms with E-state index in [1.807, 2.05) is 6.07 Å². The number of hydrazine groups is 1. The molecule has 1 aliphatic carbocycles. The van der Waals surface area contributed by atoms with E-state index in [2.05, 4.69) is 10.4 Å². The molecule has 0 unspecified atom stereocenters. The third-order valence-electron chi connectivity index (χ3n) is 3.58. The highest BCUT2D eigenvalue weighted by molar-refractivity contribution is 6.31. The number of aryl methyl sites for hydroxylation is 1. The number of nitrogens with two attached hydrogens (primary N) is 1. The maximum atomic E-state index is 12.1. The van der Waals surface area contributed by atoms with Crippen LogP contribution in [0.4, 0.5) is 0 Å². The number of hydrogen-bond acceptors (Lipinski definition) is 3. The summed E-state index contributed by atoms with van der Waals surface area (Å²) in [5, 5.41) is 1.37. The van der Waals surface area contributed by atoms with Crippen LogP contribution in [0, 0.1) is 0 Å². The number of hydrogen-bond donors (Lipinski definition) is 2. The van der Waals surface area contributed by atoms with Crippen molar-refractivity contribution in [2.24, 2.45) is 5.84 Å². The molecule has 0 saturated carbocycles. The maximum Gasteiger partial charge on any atom is 0.266 e. The lowest BCUT2D eigenvalue weighted by molar-refractivity contribution is 0.0954. The lowest BCUT2D eigenvalue weighted by Crippen LogP contribution is -2.32. The second-order valence-corrected chi connectivity index (χ2v) is 5.19. The van der Waals surface area contributed by atoms with Crippen molar-refractivity contribution in [3.8, 4) is 0 Å². The summed E-state index contributed by atoms with van der Waals surface area (Å²) in [5.41, 5.74) is 5.69. The molecule has 3 N–H and O–H groups in total. The van der Waals surface area contributed by atoms with E-state index in [9.17, 15) is 4.79 Å². The number of fused-ring (bicyclic) bond motifs is 2. The van der Waals surface area contributed by atoms with Gasteiger partial charge in [-0.2, -0.15) is 0 Å². The van der Waals surface area contributed by atoms with Crippen LogP contribution in [0.25, 0.3) is 10.9 Å². The molecule has 0 spiro atoms. The fraction of sp³-hybridized carbons (Fsp3) is 0.286. The molecule has 0 aliphatic heterocycles. The fourth-order valence-electron chi connectivity index (χ4n) is 2.73. The second kappa shape index (κ2) is 4.79. The van der Waals surface area contributed by atoms with Crippen LogP contribution in [0.3, 0.4) is 0 Å². The van der Waals surface area contributed by atoms with Crippen LogP contribution in [-0.4, -0.2) is 10.9 Å². The fourth-order valence-corrected chi connectivity index (χ4v) is 2.90. The quantitative estimate of drug-likeness (QED) is 0.477. The van der Waals surface area contributed by atoms with E-state index in [1.54, 1.807) is 12.1 Å². The molecule has 98 valence electrons. The number of halogens is 1. The number of carbonyl (C=O) groups excluding carboxylic acids is 1. The predicted molar refractivity (Wildman–Crippen MR) is 75.0 cm³/mol. The van der Waals surface area contributed by atoms with Gasteiger partial charge in [0.15, 0.2) is 0 Å². The van der Waals surface area contributed by atoms with Gasteiger partial charge in [0.1, 0.15) is 0 Å². The monoisotopic (exact) mass is 275 g/mol. The van der Waals surface area contributed by atoms with Gasteiger partial charge in [-0.25, -0.2) is 5.84 Å². The first kappa shape index (κ1) is 12.4. The molecule has 1 aromatic carbocycles. The maximum absolute atomic E-state index is 12.1. The third kappa shape index (κ3) is 2.07. The Kier molecular flexibility index (Phi) is 3.12. The molecule has 0 radical (unpaired) electrons. The number of nitrogens with one attached hydrogen (secondary N) is 1. The molecule has 1 heterocycles. The van der Waals surface area contributed by atoms with E-state index in [-0.39, 0.29) is 5.91 Å². The van der Waals surface area contributed by atoms with Crippen LogP contribution in [0.2, 0.25) is 5.02 Å². The first-order valence-electron chi connectivity index (χ1n) is 6.32. The Balaban J connectivity index is 2.37. The molecule has 5 heteroatoms. The molecule has 0 saturated heterocycles. The molecular formula is C14H14ClN3O. The first-order valence-corrected chi connectivity index (χ1v) is 6.70. The summed E-state index contributed by atoms with van der Waals surface area (Å²) in [6.07, 6.45) is 3.97. The number of rotatable bonds is 1. The summed E-state index contributed by atoms with van der Waals surface area (Å²) >= 11 is 6.03. The molecule has 4 nitrogen and oxygen atoms in total. The number of nitrogen functional groups attached to an aromatic ring is 1. The van der Waals surface area contributed by atoms with Gasteiger partial charge in [-0.15, -0.1) is 0 Å². The lowest BCUT2D eigenvalue weighted by atomic mass is 9.89. The molecule has 1 amide bonds. The Bertz CT molecular complexity index is 669. The van der Waals surface area contributed by atoms with Crippen molar-refractivity contribution in [1.82, 2.24) is 10.4 Å². The molecule has 1 aliphatic rings. The standard InChI is InChI=1S/C14H14ClN3O/c15-8-5-6-12-10(7-8)13(14(19)18-16)9-3-1-2-4-11(9)17-12/h5-7H,1-4,16H2,(H,18,19). The van der Waals surface area contributed by atoms with Crippen molar-refractivity contribution >= 4 is 28.4 Å². The van der Waals surface area contributed by atoms with Gasteiger partial charge < -0.3 is 0 Å². The molecule has 0 bridgehead atoms. The van der Waals surface area contributed by atoms with Gasteiger partial charge in [0.25, 0.3) is 5.91 Å². The lowest BCUT2D eigenvalue weighted by Gasteiger charge is -2.19. The van der Waals surface area contributed by atoms with Crippen LogP contribution >= 0.6 is 11.6 Å². The van der Waals surface area contributed by atoms with Crippen LogP contribution in [0.5, 0.6) is 0 Å². The van der Waals surface area contributed by atoms with Gasteiger partial charge in [0.2, 0.25) is 0 Å². The van der Waals surface area contributed by atoms with E-state index in [1.165, 1.54) is 0 Å². The first-order chi connectivity index (χ1) is 9.20. The smallest absolute Gasteiger partial charge is 0.266 e. The summed E-state index contributed by atoms with van der Waals surface area (Å²) < 4.78 is 0. The Hall–Kier alpha value is -1.65. The Morgan fingerprint density at radius 2 is 2.11 bits per heavy atom. The molecule has 19 heavy (non-hydrogen) atoms. The summed E-state index contributed by atoms with van der Waals surface area (Å²) in [4.78, 5) is 16.8. The van der Waals surface area contributed by atoms with Gasteiger partial charge in [-0.05, 0) is 49.4 Å². The molecule has 3 rings (SSSR count). The predicted octanol–water partition coefficient (Wildman–Crippen LogP) is 2.37. The summed E-state index contributed by atoms with van der Waals surface area (Å²) in [5.74, 6) is 5.04. The topological polar surface area (TPSA) is 68.0 Å². The average Bonchev–Trinajstić information content (AvgIpc) is 2.44. The van der Waals surface area contributed by atoms with E-state index in [4.69, 9.17) is 17.4 Å². The number of aromatic nitrogens is 1. The van der Waals surface area contributed by atoms with Crippen molar-refractivity contribution < 1.29 is 4.79 Å². The van der Waals surface area contributed by atoms with Crippen molar-refractivity contribution in [3.05, 3.63) is 40.0 Å². The van der Waals surface area contributed by atoms with Crippen LogP contribution in [0.15, 0.2) is 18.2 Å². The summed E-state index contributed by atoms with van der Waals surface area (Å²) in [6, 6.07) is 5.42. The highest BCUT2D eigenvalue weighted by atomic mass is 35.5. The van der Waals surface area contributed by atoms with E-state index in [0.29, 0.717) is 10.6 Å². The number of benzene rings is 1. The number of pyridine rings is 1. The summed E-state index contributed by atoms with van der Waals surface area (Å²) in [7, 11) is 0. The van der Waals surface area contributed by atoms with E-state index < -0.39 is 0 Å². The number of carbonyl (C=O) groups is 1. The highest BCUT2D eigenvalue weighted by Crippen LogP contribution is 2.30. The van der Waals surface area contributed by atoms with Gasteiger partial charge >= 0.3 is 0 Å². The highest BCUT2D eigenvalue weighted by Gasteiger charge is 2.22. The number of nitrogens with zero attached hydrogens (tertiary/aromatic N) is 1. The van der Waals surface area contributed by atoms with Gasteiger partial charge in [-0.3, -0.25) is 15.2 Å².